The van der Waals surface area contributed by atoms with E-state index in [1.807, 2.05) is 41.2 Å². The van der Waals surface area contributed by atoms with Gasteiger partial charge >= 0.3 is 0 Å². The molecule has 0 aliphatic rings. The maximum atomic E-state index is 12.1. The van der Waals surface area contributed by atoms with Gasteiger partial charge in [-0.3, -0.25) is 9.48 Å². The van der Waals surface area contributed by atoms with Crippen LogP contribution in [0.4, 0.5) is 23.1 Å². The Kier molecular flexibility index (Phi) is 9.20. The van der Waals surface area contributed by atoms with Gasteiger partial charge in [0.05, 0.1) is 34.9 Å². The number of nitrogens with one attached hydrogen (secondary N) is 3. The quantitative estimate of drug-likeness (QED) is 0.244. The summed E-state index contributed by atoms with van der Waals surface area (Å²) >= 11 is 6.35. The van der Waals surface area contributed by atoms with Crippen LogP contribution in [0.1, 0.15) is 20.3 Å². The van der Waals surface area contributed by atoms with Crippen LogP contribution >= 0.6 is 11.6 Å². The molecule has 3 N–H and O–H groups in total. The lowest BCUT2D eigenvalue weighted by Crippen LogP contribution is -2.18. The summed E-state index contributed by atoms with van der Waals surface area (Å²) in [6, 6.07) is 1.72. The van der Waals surface area contributed by atoms with E-state index in [4.69, 9.17) is 16.3 Å². The van der Waals surface area contributed by atoms with Crippen molar-refractivity contribution >= 4 is 40.6 Å². The first kappa shape index (κ1) is 26.9. The molecule has 3 rings (SSSR count). The van der Waals surface area contributed by atoms with Crippen molar-refractivity contribution in [3.8, 4) is 17.1 Å². The molecular formula is C24H32ClN9O2. The minimum Gasteiger partial charge on any atom is -0.473 e. The first-order valence-electron chi connectivity index (χ1n) is 11.5. The largest absolute Gasteiger partial charge is 0.473 e. The van der Waals surface area contributed by atoms with E-state index in [9.17, 15) is 4.79 Å². The van der Waals surface area contributed by atoms with E-state index in [-0.39, 0.29) is 18.0 Å². The number of nitrogens with zero attached hydrogens (tertiary/aromatic N) is 6. The Morgan fingerprint density at radius 3 is 2.69 bits per heavy atom. The lowest BCUT2D eigenvalue weighted by Gasteiger charge is -2.19. The molecular weight excluding hydrogens is 482 g/mol. The predicted octanol–water partition coefficient (Wildman–Crippen LogP) is 3.94. The maximum absolute atomic E-state index is 12.1. The van der Waals surface area contributed by atoms with Gasteiger partial charge in [0.2, 0.25) is 17.7 Å². The molecule has 3 heterocycles. The Morgan fingerprint density at radius 1 is 1.28 bits per heavy atom. The van der Waals surface area contributed by atoms with Crippen LogP contribution in [-0.2, 0) is 11.8 Å². The van der Waals surface area contributed by atoms with E-state index >= 15 is 0 Å². The molecule has 0 bridgehead atoms. The third-order valence-corrected chi connectivity index (χ3v) is 5.10. The number of pyridine rings is 1. The highest BCUT2D eigenvalue weighted by Gasteiger charge is 2.18. The van der Waals surface area contributed by atoms with E-state index in [0.717, 1.165) is 18.5 Å². The van der Waals surface area contributed by atoms with Crippen LogP contribution < -0.4 is 20.7 Å². The van der Waals surface area contributed by atoms with Crippen molar-refractivity contribution in [2.24, 2.45) is 7.05 Å². The highest BCUT2D eigenvalue weighted by atomic mass is 35.5. The van der Waals surface area contributed by atoms with Crippen molar-refractivity contribution in [2.75, 3.05) is 43.1 Å². The molecule has 0 aromatic carbocycles. The van der Waals surface area contributed by atoms with E-state index < -0.39 is 0 Å². The minimum absolute atomic E-state index is 0.148. The highest BCUT2D eigenvalue weighted by molar-refractivity contribution is 6.32. The highest BCUT2D eigenvalue weighted by Crippen LogP contribution is 2.34. The summed E-state index contributed by atoms with van der Waals surface area (Å²) in [6.45, 7) is 8.91. The molecule has 0 radical (unpaired) electrons. The molecule has 0 saturated carbocycles. The normalized spacial score (nSPS) is 11.0. The van der Waals surface area contributed by atoms with Crippen LogP contribution in [0.5, 0.6) is 5.88 Å². The lowest BCUT2D eigenvalue weighted by atomic mass is 10.2. The van der Waals surface area contributed by atoms with Crippen molar-refractivity contribution in [2.45, 2.75) is 26.4 Å². The van der Waals surface area contributed by atoms with Gasteiger partial charge < -0.3 is 25.6 Å². The zero-order valence-electron chi connectivity index (χ0n) is 21.2. The van der Waals surface area contributed by atoms with Gasteiger partial charge in [-0.25, -0.2) is 9.97 Å². The van der Waals surface area contributed by atoms with E-state index in [2.05, 4.69) is 47.5 Å². The summed E-state index contributed by atoms with van der Waals surface area (Å²) in [7, 11) is 5.84. The van der Waals surface area contributed by atoms with Crippen molar-refractivity contribution in [1.82, 2.24) is 29.6 Å². The van der Waals surface area contributed by atoms with Crippen LogP contribution in [0.3, 0.4) is 0 Å². The molecule has 0 atom stereocenters. The fourth-order valence-corrected chi connectivity index (χ4v) is 3.41. The fourth-order valence-electron chi connectivity index (χ4n) is 3.21. The van der Waals surface area contributed by atoms with Gasteiger partial charge in [-0.2, -0.15) is 10.1 Å². The third kappa shape index (κ3) is 7.40. The molecule has 36 heavy (non-hydrogen) atoms. The average molecular weight is 514 g/mol. The summed E-state index contributed by atoms with van der Waals surface area (Å²) in [4.78, 5) is 27.8. The molecule has 0 aliphatic carbocycles. The van der Waals surface area contributed by atoms with Gasteiger partial charge in [0.25, 0.3) is 0 Å². The first-order chi connectivity index (χ1) is 17.2. The Bertz CT molecular complexity index is 1210. The first-order valence-corrected chi connectivity index (χ1v) is 11.9. The van der Waals surface area contributed by atoms with Crippen LogP contribution in [-0.4, -0.2) is 68.8 Å². The minimum atomic E-state index is -0.363. The number of rotatable bonds is 12. The smallest absolute Gasteiger partial charge is 0.247 e. The number of hydrogen-bond acceptors (Lipinski definition) is 9. The molecule has 11 nitrogen and oxygen atoms in total. The number of aromatic nitrogens is 5. The van der Waals surface area contributed by atoms with Gasteiger partial charge in [-0.05, 0) is 53.1 Å². The summed E-state index contributed by atoms with van der Waals surface area (Å²) in [5.74, 6) is 0.732. The SMILES string of the molecule is C=CC(=O)Nc1cc(Nc2ncc(Cl)c(-c3cnn(C)c3)n2)c(OC(C)C)nc1NCCCN(C)C. The number of halogens is 1. The second-order valence-electron chi connectivity index (χ2n) is 8.60. The molecule has 0 unspecified atom stereocenters. The molecule has 1 amide bonds. The molecule has 3 aromatic rings. The average Bonchev–Trinajstić information content (AvgIpc) is 3.25. The van der Waals surface area contributed by atoms with Gasteiger partial charge in [-0.15, -0.1) is 0 Å². The van der Waals surface area contributed by atoms with E-state index in [1.54, 1.807) is 16.9 Å². The third-order valence-electron chi connectivity index (χ3n) is 4.82. The summed E-state index contributed by atoms with van der Waals surface area (Å²) in [6.07, 6.45) is 6.93. The Morgan fingerprint density at radius 2 is 2.06 bits per heavy atom. The number of carbonyl (C=O) groups excluding carboxylic acids is 1. The molecule has 0 spiro atoms. The van der Waals surface area contributed by atoms with Gasteiger partial charge in [0, 0.05) is 25.4 Å². The van der Waals surface area contributed by atoms with E-state index in [1.165, 1.54) is 12.3 Å². The van der Waals surface area contributed by atoms with E-state index in [0.29, 0.717) is 40.3 Å². The Labute approximate surface area is 215 Å². The standard InChI is InChI=1S/C24H32ClN9O2/c1-7-20(35)29-18-11-19(23(36-15(2)3)32-22(18)26-9-8-10-33(4)5)30-24-27-13-17(25)21(31-24)16-12-28-34(6)14-16/h7,11-15H,1,8-10H2,2-6H3,(H,26,32)(H,29,35)(H,27,30,31). The lowest BCUT2D eigenvalue weighted by molar-refractivity contribution is -0.111. The number of amides is 1. The van der Waals surface area contributed by atoms with Crippen LogP contribution in [0.15, 0.2) is 37.3 Å². The molecule has 3 aromatic heterocycles. The molecule has 12 heteroatoms. The zero-order chi connectivity index (χ0) is 26.2. The predicted molar refractivity (Wildman–Crippen MR) is 143 cm³/mol. The number of anilines is 4. The number of hydrogen-bond donors (Lipinski definition) is 3. The fraction of sp³-hybridized carbons (Fsp3) is 0.375. The van der Waals surface area contributed by atoms with Gasteiger partial charge in [0.1, 0.15) is 5.69 Å². The van der Waals surface area contributed by atoms with Crippen molar-refractivity contribution in [1.29, 1.82) is 0 Å². The molecule has 0 fully saturated rings. The summed E-state index contributed by atoms with van der Waals surface area (Å²) in [5.41, 5.74) is 2.22. The number of ether oxygens (including phenoxy) is 1. The molecule has 0 aliphatic heterocycles. The van der Waals surface area contributed by atoms with Crippen LogP contribution in [0.25, 0.3) is 11.3 Å². The van der Waals surface area contributed by atoms with Crippen LogP contribution in [0.2, 0.25) is 5.02 Å². The van der Waals surface area contributed by atoms with Crippen molar-refractivity contribution in [3.05, 3.63) is 42.3 Å². The molecule has 192 valence electrons. The monoisotopic (exact) mass is 513 g/mol. The molecule has 0 saturated heterocycles. The van der Waals surface area contributed by atoms with Gasteiger partial charge in [-0.1, -0.05) is 18.2 Å². The summed E-state index contributed by atoms with van der Waals surface area (Å²) in [5, 5.41) is 13.8. The topological polar surface area (TPSA) is 122 Å². The Hall–Kier alpha value is -3.70. The summed E-state index contributed by atoms with van der Waals surface area (Å²) < 4.78 is 7.65. The number of carbonyl (C=O) groups is 1. The second-order valence-corrected chi connectivity index (χ2v) is 9.01. The van der Waals surface area contributed by atoms with Crippen molar-refractivity contribution in [3.63, 3.8) is 0 Å². The van der Waals surface area contributed by atoms with Crippen molar-refractivity contribution < 1.29 is 9.53 Å². The maximum Gasteiger partial charge on any atom is 0.247 e. The van der Waals surface area contributed by atoms with Gasteiger partial charge in [0.15, 0.2) is 5.82 Å². The zero-order valence-corrected chi connectivity index (χ0v) is 21.9. The van der Waals surface area contributed by atoms with Crippen LogP contribution in [0, 0.1) is 0 Å². The Balaban J connectivity index is 1.98. The number of aryl methyl sites for hydroxylation is 1. The second kappa shape index (κ2) is 12.3.